The minimum Gasteiger partial charge on any atom is -0.437 e. The van der Waals surface area contributed by atoms with Crippen molar-refractivity contribution < 1.29 is 16.5 Å². The molecule has 0 saturated carbocycles. The Hall–Kier alpha value is 1.21. The highest BCUT2D eigenvalue weighted by Gasteiger charge is 2.44. The number of rotatable bonds is 10. The quantitative estimate of drug-likeness (QED) is 0.340. The van der Waals surface area contributed by atoms with Gasteiger partial charge in [-0.3, -0.25) is 0 Å². The van der Waals surface area contributed by atoms with Gasteiger partial charge in [-0.2, -0.15) is 0 Å². The molecule has 0 spiro atoms. The molecule has 23 heavy (non-hydrogen) atoms. The van der Waals surface area contributed by atoms with E-state index >= 15 is 0 Å². The van der Waals surface area contributed by atoms with Crippen LogP contribution in [0.25, 0.3) is 0 Å². The molecule has 140 valence electrons. The SMILES string of the molecule is C[Si](C)(C)O[Si](C)(C)O[Si](C)(C)O[Si](C)(C)O[Si](C)(C)CCCl. The van der Waals surface area contributed by atoms with Crippen molar-refractivity contribution in [1.29, 1.82) is 0 Å². The van der Waals surface area contributed by atoms with Crippen LogP contribution >= 0.6 is 11.6 Å². The summed E-state index contributed by atoms with van der Waals surface area (Å²) in [4.78, 5) is 0. The smallest absolute Gasteiger partial charge is 0.314 e. The highest BCUT2D eigenvalue weighted by molar-refractivity contribution is 6.90. The molecule has 0 unspecified atom stereocenters. The summed E-state index contributed by atoms with van der Waals surface area (Å²) in [7, 11) is -10.2. The first-order chi connectivity index (χ1) is 9.89. The summed E-state index contributed by atoms with van der Waals surface area (Å²) in [5.74, 6) is 0.644. The van der Waals surface area contributed by atoms with Gasteiger partial charge in [-0.15, -0.1) is 11.6 Å². The summed E-state index contributed by atoms with van der Waals surface area (Å²) in [5, 5.41) is 0. The highest BCUT2D eigenvalue weighted by Crippen LogP contribution is 2.26. The maximum Gasteiger partial charge on any atom is 0.314 e. The van der Waals surface area contributed by atoms with Gasteiger partial charge >= 0.3 is 25.7 Å². The van der Waals surface area contributed by atoms with Crippen LogP contribution in [0.2, 0.25) is 78.1 Å². The van der Waals surface area contributed by atoms with Crippen LogP contribution in [0.4, 0.5) is 0 Å². The van der Waals surface area contributed by atoms with Crippen molar-refractivity contribution in [3.8, 4) is 0 Å². The third-order valence-corrected chi connectivity index (χ3v) is 21.2. The van der Waals surface area contributed by atoms with Gasteiger partial charge in [0.1, 0.15) is 0 Å². The molecule has 0 N–H and O–H groups in total. The van der Waals surface area contributed by atoms with E-state index in [2.05, 4.69) is 72.0 Å². The van der Waals surface area contributed by atoms with E-state index in [9.17, 15) is 0 Å². The Bertz CT molecular complexity index is 383. The lowest BCUT2D eigenvalue weighted by Crippen LogP contribution is -2.58. The van der Waals surface area contributed by atoms with Gasteiger partial charge in [0.05, 0.1) is 0 Å². The first-order valence-corrected chi connectivity index (χ1v) is 23.8. The summed E-state index contributed by atoms with van der Waals surface area (Å²) in [6.45, 7) is 23.7. The minimum atomic E-state index is -2.31. The second kappa shape index (κ2) is 8.27. The molecule has 0 aliphatic carbocycles. The Labute approximate surface area is 154 Å². The number of hydrogen-bond donors (Lipinski definition) is 0. The second-order valence-electron chi connectivity index (χ2n) is 8.92. The summed E-state index contributed by atoms with van der Waals surface area (Å²) >= 11 is 5.90. The van der Waals surface area contributed by atoms with Gasteiger partial charge in [-0.05, 0) is 78.1 Å². The van der Waals surface area contributed by atoms with Gasteiger partial charge in [0, 0.05) is 5.88 Å². The molecule has 0 amide bonds. The molecule has 0 aliphatic rings. The fourth-order valence-corrected chi connectivity index (χ4v) is 27.5. The van der Waals surface area contributed by atoms with Gasteiger partial charge < -0.3 is 16.5 Å². The van der Waals surface area contributed by atoms with Crippen LogP contribution in [0.1, 0.15) is 0 Å². The van der Waals surface area contributed by atoms with Gasteiger partial charge in [0.25, 0.3) is 0 Å². The van der Waals surface area contributed by atoms with Crippen molar-refractivity contribution in [2.45, 2.75) is 78.1 Å². The van der Waals surface area contributed by atoms with Gasteiger partial charge in [-0.25, -0.2) is 0 Å². The van der Waals surface area contributed by atoms with Crippen LogP contribution in [0.15, 0.2) is 0 Å². The van der Waals surface area contributed by atoms with Gasteiger partial charge in [-0.1, -0.05) is 0 Å². The number of hydrogen-bond acceptors (Lipinski definition) is 4. The van der Waals surface area contributed by atoms with E-state index in [0.29, 0.717) is 5.88 Å². The first kappa shape index (κ1) is 24.2. The van der Waals surface area contributed by atoms with E-state index in [1.54, 1.807) is 0 Å². The van der Waals surface area contributed by atoms with E-state index in [1.165, 1.54) is 0 Å². The molecule has 10 heteroatoms. The normalized spacial score (nSPS) is 15.1. The number of alkyl halides is 1. The maximum atomic E-state index is 6.45. The standard InChI is InChI=1S/C13H37ClO4Si5/c1-19(2,3)15-21(6,7)17-23(10,11)18-22(8,9)16-20(4,5)13-12-14/h12-13H2,1-11H3. The van der Waals surface area contributed by atoms with Crippen LogP contribution in [0.5, 0.6) is 0 Å². The predicted octanol–water partition coefficient (Wildman–Crippen LogP) is 5.44. The fourth-order valence-electron chi connectivity index (χ4n) is 2.93. The molecule has 0 rings (SSSR count). The maximum absolute atomic E-state index is 6.45. The Morgan fingerprint density at radius 1 is 0.565 bits per heavy atom. The molecule has 0 heterocycles. The molecular formula is C13H37ClO4Si5. The van der Waals surface area contributed by atoms with E-state index in [-0.39, 0.29) is 0 Å². The Balaban J connectivity index is 4.89. The summed E-state index contributed by atoms with van der Waals surface area (Å²) in [6, 6.07) is 0.941. The predicted molar refractivity (Wildman–Crippen MR) is 113 cm³/mol. The summed E-state index contributed by atoms with van der Waals surface area (Å²) in [6.07, 6.45) is 0. The Kier molecular flexibility index (Phi) is 8.71. The molecule has 0 bridgehead atoms. The van der Waals surface area contributed by atoms with Crippen LogP contribution in [0, 0.1) is 0 Å². The molecule has 0 fully saturated rings. The fraction of sp³-hybridized carbons (Fsp3) is 1.00. The highest BCUT2D eigenvalue weighted by atomic mass is 35.5. The van der Waals surface area contributed by atoms with Gasteiger partial charge in [0.15, 0.2) is 16.6 Å². The molecule has 0 aromatic carbocycles. The van der Waals surface area contributed by atoms with Crippen LogP contribution in [-0.4, -0.2) is 48.2 Å². The Morgan fingerprint density at radius 3 is 1.26 bits per heavy atom. The topological polar surface area (TPSA) is 36.9 Å². The zero-order chi connectivity index (χ0) is 18.7. The van der Waals surface area contributed by atoms with Crippen molar-refractivity contribution >= 4 is 53.9 Å². The molecule has 0 aromatic rings. The molecule has 0 saturated heterocycles. The van der Waals surface area contributed by atoms with Crippen molar-refractivity contribution in [3.63, 3.8) is 0 Å². The lowest BCUT2D eigenvalue weighted by molar-refractivity contribution is 0.299. The zero-order valence-electron chi connectivity index (χ0n) is 16.9. The largest absolute Gasteiger partial charge is 0.437 e. The van der Waals surface area contributed by atoms with Crippen molar-refractivity contribution in [2.24, 2.45) is 0 Å². The lowest BCUT2D eigenvalue weighted by Gasteiger charge is -2.41. The van der Waals surface area contributed by atoms with Crippen molar-refractivity contribution in [1.82, 2.24) is 0 Å². The van der Waals surface area contributed by atoms with E-state index < -0.39 is 42.3 Å². The van der Waals surface area contributed by atoms with Crippen LogP contribution in [0.3, 0.4) is 0 Å². The Morgan fingerprint density at radius 2 is 0.913 bits per heavy atom. The van der Waals surface area contributed by atoms with Crippen LogP contribution < -0.4 is 0 Å². The first-order valence-electron chi connectivity index (χ1n) is 8.25. The average molecular weight is 433 g/mol. The third kappa shape index (κ3) is 12.2. The molecule has 0 radical (unpaired) electrons. The van der Waals surface area contributed by atoms with E-state index in [0.717, 1.165) is 6.04 Å². The summed E-state index contributed by atoms with van der Waals surface area (Å²) in [5.41, 5.74) is 0. The summed E-state index contributed by atoms with van der Waals surface area (Å²) < 4.78 is 25.6. The minimum absolute atomic E-state index is 0.644. The molecule has 0 aliphatic heterocycles. The van der Waals surface area contributed by atoms with Crippen molar-refractivity contribution in [3.05, 3.63) is 0 Å². The second-order valence-corrected chi connectivity index (χ2v) is 29.2. The zero-order valence-corrected chi connectivity index (χ0v) is 22.7. The van der Waals surface area contributed by atoms with Crippen LogP contribution in [-0.2, 0) is 16.5 Å². The third-order valence-electron chi connectivity index (χ3n) is 2.75. The van der Waals surface area contributed by atoms with E-state index in [4.69, 9.17) is 28.1 Å². The molecule has 0 aromatic heterocycles. The number of halogens is 1. The van der Waals surface area contributed by atoms with E-state index in [1.807, 2.05) is 0 Å². The average Bonchev–Trinajstić information content (AvgIpc) is 2.03. The monoisotopic (exact) mass is 432 g/mol. The molecule has 4 nitrogen and oxygen atoms in total. The molecule has 0 atom stereocenters. The molecular weight excluding hydrogens is 396 g/mol. The van der Waals surface area contributed by atoms with Crippen molar-refractivity contribution in [2.75, 3.05) is 5.88 Å². The van der Waals surface area contributed by atoms with Gasteiger partial charge in [0.2, 0.25) is 0 Å². The lowest BCUT2D eigenvalue weighted by atomic mass is 11.0.